The van der Waals surface area contributed by atoms with Crippen LogP contribution in [0.5, 0.6) is 0 Å². The Bertz CT molecular complexity index is 301. The fourth-order valence-corrected chi connectivity index (χ4v) is 3.37. The maximum Gasteiger partial charge on any atom is 0.303 e. The van der Waals surface area contributed by atoms with Crippen LogP contribution in [-0.2, 0) is 4.79 Å². The lowest BCUT2D eigenvalue weighted by Crippen LogP contribution is -2.54. The van der Waals surface area contributed by atoms with E-state index in [1.54, 1.807) is 0 Å². The second-order valence-electron chi connectivity index (χ2n) is 7.71. The van der Waals surface area contributed by atoms with E-state index < -0.39 is 11.5 Å². The van der Waals surface area contributed by atoms with Crippen LogP contribution in [0, 0.1) is 16.7 Å². The molecule has 18 heavy (non-hydrogen) atoms. The van der Waals surface area contributed by atoms with Crippen molar-refractivity contribution in [3.63, 3.8) is 0 Å². The summed E-state index contributed by atoms with van der Waals surface area (Å²) in [5, 5.41) is 9.16. The molecule has 0 aliphatic heterocycles. The molecule has 3 heteroatoms. The van der Waals surface area contributed by atoms with Gasteiger partial charge in [0.15, 0.2) is 0 Å². The second-order valence-corrected chi connectivity index (χ2v) is 7.71. The summed E-state index contributed by atoms with van der Waals surface area (Å²) in [5.41, 5.74) is 5.94. The van der Waals surface area contributed by atoms with Crippen molar-refractivity contribution >= 4 is 5.97 Å². The van der Waals surface area contributed by atoms with Gasteiger partial charge >= 0.3 is 5.97 Å². The molecule has 0 heterocycles. The number of nitrogens with two attached hydrogens (primary N) is 1. The molecule has 0 unspecified atom stereocenters. The number of hydrogen-bond acceptors (Lipinski definition) is 2. The summed E-state index contributed by atoms with van der Waals surface area (Å²) < 4.78 is 0. The third-order valence-corrected chi connectivity index (χ3v) is 5.02. The molecular formula is C15H29NO2. The first-order valence-corrected chi connectivity index (χ1v) is 6.99. The van der Waals surface area contributed by atoms with Gasteiger partial charge in [0.05, 0.1) is 6.42 Å². The smallest absolute Gasteiger partial charge is 0.303 e. The first-order chi connectivity index (χ1) is 7.98. The molecule has 3 N–H and O–H groups in total. The Morgan fingerprint density at radius 1 is 1.22 bits per heavy atom. The minimum Gasteiger partial charge on any atom is -0.481 e. The van der Waals surface area contributed by atoms with Crippen LogP contribution in [0.4, 0.5) is 0 Å². The number of aliphatic carboxylic acids is 1. The van der Waals surface area contributed by atoms with Gasteiger partial charge in [0.1, 0.15) is 0 Å². The molecule has 0 amide bonds. The van der Waals surface area contributed by atoms with Crippen LogP contribution in [-0.4, -0.2) is 16.6 Å². The maximum absolute atomic E-state index is 11.1. The number of hydrogen-bond donors (Lipinski definition) is 2. The highest BCUT2D eigenvalue weighted by Gasteiger charge is 2.47. The SMILES string of the molecule is CC(C)(C)C1CCC(CC(=O)O)(C(C)(C)N)CC1. The lowest BCUT2D eigenvalue weighted by atomic mass is 9.57. The molecule has 0 atom stereocenters. The Hall–Kier alpha value is -0.570. The molecule has 0 spiro atoms. The number of carboxylic acids is 1. The summed E-state index contributed by atoms with van der Waals surface area (Å²) in [5.74, 6) is -0.0375. The van der Waals surface area contributed by atoms with Gasteiger partial charge in [-0.15, -0.1) is 0 Å². The first-order valence-electron chi connectivity index (χ1n) is 6.99. The molecule has 0 aromatic rings. The van der Waals surface area contributed by atoms with Crippen molar-refractivity contribution in [3.8, 4) is 0 Å². The predicted octanol–water partition coefficient (Wildman–Crippen LogP) is 3.42. The zero-order valence-electron chi connectivity index (χ0n) is 12.5. The molecule has 0 radical (unpaired) electrons. The largest absolute Gasteiger partial charge is 0.481 e. The van der Waals surface area contributed by atoms with Crippen molar-refractivity contribution in [1.82, 2.24) is 0 Å². The van der Waals surface area contributed by atoms with E-state index in [0.29, 0.717) is 11.3 Å². The maximum atomic E-state index is 11.1. The zero-order valence-corrected chi connectivity index (χ0v) is 12.5. The molecule has 1 rings (SSSR count). The quantitative estimate of drug-likeness (QED) is 0.812. The van der Waals surface area contributed by atoms with Crippen LogP contribution in [0.3, 0.4) is 0 Å². The van der Waals surface area contributed by atoms with Gasteiger partial charge in [-0.05, 0) is 56.3 Å². The number of carboxylic acid groups (broad SMARTS) is 1. The molecule has 106 valence electrons. The molecule has 0 aromatic heterocycles. The fourth-order valence-electron chi connectivity index (χ4n) is 3.37. The van der Waals surface area contributed by atoms with Crippen molar-refractivity contribution < 1.29 is 9.90 Å². The highest BCUT2D eigenvalue weighted by Crippen LogP contribution is 2.51. The van der Waals surface area contributed by atoms with Gasteiger partial charge < -0.3 is 10.8 Å². The second kappa shape index (κ2) is 4.84. The third kappa shape index (κ3) is 3.25. The van der Waals surface area contributed by atoms with E-state index in [-0.39, 0.29) is 11.8 Å². The molecule has 3 nitrogen and oxygen atoms in total. The molecule has 1 saturated carbocycles. The van der Waals surface area contributed by atoms with Gasteiger partial charge in [0.2, 0.25) is 0 Å². The summed E-state index contributed by atoms with van der Waals surface area (Å²) in [7, 11) is 0. The van der Waals surface area contributed by atoms with Gasteiger partial charge in [0.25, 0.3) is 0 Å². The van der Waals surface area contributed by atoms with E-state index >= 15 is 0 Å². The normalized spacial score (nSPS) is 30.2. The Labute approximate surface area is 111 Å². The van der Waals surface area contributed by atoms with E-state index in [4.69, 9.17) is 10.8 Å². The lowest BCUT2D eigenvalue weighted by molar-refractivity contribution is -0.142. The molecular weight excluding hydrogens is 226 g/mol. The average Bonchev–Trinajstić information content (AvgIpc) is 2.14. The highest BCUT2D eigenvalue weighted by molar-refractivity contribution is 5.68. The van der Waals surface area contributed by atoms with Crippen LogP contribution in [0.2, 0.25) is 0 Å². The summed E-state index contributed by atoms with van der Waals surface area (Å²) in [6.07, 6.45) is 4.26. The highest BCUT2D eigenvalue weighted by atomic mass is 16.4. The number of carbonyl (C=O) groups is 1. The fraction of sp³-hybridized carbons (Fsp3) is 0.933. The summed E-state index contributed by atoms with van der Waals surface area (Å²) in [6.45, 7) is 10.8. The zero-order chi connectivity index (χ0) is 14.2. The van der Waals surface area contributed by atoms with E-state index in [0.717, 1.165) is 25.7 Å². The van der Waals surface area contributed by atoms with Gasteiger partial charge in [-0.1, -0.05) is 20.8 Å². The first kappa shape index (κ1) is 15.5. The Morgan fingerprint density at radius 2 is 1.67 bits per heavy atom. The lowest BCUT2D eigenvalue weighted by Gasteiger charge is -2.50. The van der Waals surface area contributed by atoms with Gasteiger partial charge in [0, 0.05) is 5.54 Å². The standard InChI is InChI=1S/C15H29NO2/c1-13(2,3)11-6-8-15(9-7-11,10-12(17)18)14(4,5)16/h11H,6-10,16H2,1-5H3,(H,17,18). The molecule has 1 fully saturated rings. The molecule has 0 bridgehead atoms. The predicted molar refractivity (Wildman–Crippen MR) is 74.4 cm³/mol. The van der Waals surface area contributed by atoms with E-state index in [9.17, 15) is 4.79 Å². The van der Waals surface area contributed by atoms with E-state index in [1.807, 2.05) is 13.8 Å². The van der Waals surface area contributed by atoms with Crippen molar-refractivity contribution in [3.05, 3.63) is 0 Å². The molecule has 1 aliphatic carbocycles. The minimum atomic E-state index is -0.720. The molecule has 1 aliphatic rings. The van der Waals surface area contributed by atoms with Gasteiger partial charge in [-0.2, -0.15) is 0 Å². The van der Waals surface area contributed by atoms with Crippen LogP contribution in [0.1, 0.15) is 66.7 Å². The van der Waals surface area contributed by atoms with Crippen LogP contribution < -0.4 is 5.73 Å². The van der Waals surface area contributed by atoms with Gasteiger partial charge in [-0.3, -0.25) is 4.79 Å². The summed E-state index contributed by atoms with van der Waals surface area (Å²) >= 11 is 0. The average molecular weight is 255 g/mol. The summed E-state index contributed by atoms with van der Waals surface area (Å²) in [4.78, 5) is 11.1. The Kier molecular flexibility index (Phi) is 4.16. The van der Waals surface area contributed by atoms with Crippen LogP contribution >= 0.6 is 0 Å². The van der Waals surface area contributed by atoms with Crippen molar-refractivity contribution in [1.29, 1.82) is 0 Å². The molecule has 0 aromatic carbocycles. The van der Waals surface area contributed by atoms with Crippen molar-refractivity contribution in [2.24, 2.45) is 22.5 Å². The minimum absolute atomic E-state index is 0.202. The summed E-state index contributed by atoms with van der Waals surface area (Å²) in [6, 6.07) is 0. The van der Waals surface area contributed by atoms with Crippen LogP contribution in [0.15, 0.2) is 0 Å². The number of rotatable bonds is 3. The van der Waals surface area contributed by atoms with Crippen molar-refractivity contribution in [2.75, 3.05) is 0 Å². The van der Waals surface area contributed by atoms with E-state index in [2.05, 4.69) is 20.8 Å². The van der Waals surface area contributed by atoms with Gasteiger partial charge in [-0.25, -0.2) is 0 Å². The topological polar surface area (TPSA) is 63.3 Å². The third-order valence-electron chi connectivity index (χ3n) is 5.02. The van der Waals surface area contributed by atoms with E-state index in [1.165, 1.54) is 0 Å². The Morgan fingerprint density at radius 3 is 1.94 bits per heavy atom. The Balaban J connectivity index is 2.84. The van der Waals surface area contributed by atoms with Crippen molar-refractivity contribution in [2.45, 2.75) is 72.3 Å². The van der Waals surface area contributed by atoms with Crippen LogP contribution in [0.25, 0.3) is 0 Å². The monoisotopic (exact) mass is 255 g/mol. The molecule has 0 saturated heterocycles.